The summed E-state index contributed by atoms with van der Waals surface area (Å²) in [6, 6.07) is 4.44. The Kier molecular flexibility index (Phi) is 4.53. The van der Waals surface area contributed by atoms with Crippen LogP contribution in [0.15, 0.2) is 18.2 Å². The molecule has 0 aromatic heterocycles. The van der Waals surface area contributed by atoms with E-state index in [1.54, 1.807) is 13.2 Å². The van der Waals surface area contributed by atoms with Gasteiger partial charge in [-0.3, -0.25) is 4.79 Å². The molecule has 1 aliphatic rings. The van der Waals surface area contributed by atoms with Gasteiger partial charge in [0.05, 0.1) is 11.7 Å². The lowest BCUT2D eigenvalue weighted by molar-refractivity contribution is 0.0195. The molecule has 2 rings (SSSR count). The summed E-state index contributed by atoms with van der Waals surface area (Å²) in [5.41, 5.74) is 0.305. The van der Waals surface area contributed by atoms with Gasteiger partial charge in [0.25, 0.3) is 0 Å². The van der Waals surface area contributed by atoms with Crippen molar-refractivity contribution in [2.24, 2.45) is 0 Å². The molecule has 0 amide bonds. The molecule has 2 atom stereocenters. The van der Waals surface area contributed by atoms with Crippen LogP contribution in [0.2, 0.25) is 0 Å². The second-order valence-electron chi connectivity index (χ2n) is 4.94. The first-order valence-electron chi connectivity index (χ1n) is 6.60. The van der Waals surface area contributed by atoms with Crippen LogP contribution in [0.4, 0.5) is 4.39 Å². The average Bonchev–Trinajstić information content (AvgIpc) is 2.41. The lowest BCUT2D eigenvalue weighted by atomic mass is 9.94. The Balaban J connectivity index is 2.16. The van der Waals surface area contributed by atoms with Crippen molar-refractivity contribution in [3.05, 3.63) is 29.6 Å². The van der Waals surface area contributed by atoms with Crippen molar-refractivity contribution >= 4 is 5.78 Å². The third kappa shape index (κ3) is 3.32. The summed E-state index contributed by atoms with van der Waals surface area (Å²) in [4.78, 5) is 11.5. The van der Waals surface area contributed by atoms with Crippen molar-refractivity contribution in [2.45, 2.75) is 44.8 Å². The van der Waals surface area contributed by atoms with E-state index in [-0.39, 0.29) is 23.7 Å². The van der Waals surface area contributed by atoms with Crippen LogP contribution in [-0.2, 0) is 4.74 Å². The number of carbonyl (C=O) groups is 1. The lowest BCUT2D eigenvalue weighted by Crippen LogP contribution is -2.30. The molecule has 1 aromatic rings. The topological polar surface area (TPSA) is 35.5 Å². The average molecular weight is 266 g/mol. The highest BCUT2D eigenvalue weighted by Gasteiger charge is 2.25. The summed E-state index contributed by atoms with van der Waals surface area (Å²) < 4.78 is 24.9. The fraction of sp³-hybridized carbons (Fsp3) is 0.533. The Morgan fingerprint density at radius 2 is 2.05 bits per heavy atom. The number of methoxy groups -OCH3 is 1. The molecule has 3 nitrogen and oxygen atoms in total. The summed E-state index contributed by atoms with van der Waals surface area (Å²) >= 11 is 0. The number of benzene rings is 1. The number of carbonyl (C=O) groups excluding carboxylic acids is 1. The monoisotopic (exact) mass is 266 g/mol. The number of halogens is 1. The SMILES string of the molecule is COC1CCCC(Oc2c(F)cccc2C(C)=O)C1. The van der Waals surface area contributed by atoms with E-state index >= 15 is 0 Å². The molecule has 0 bridgehead atoms. The number of ketones is 1. The first-order chi connectivity index (χ1) is 9.11. The maximum absolute atomic E-state index is 13.8. The van der Waals surface area contributed by atoms with Crippen LogP contribution in [0.5, 0.6) is 5.75 Å². The molecule has 4 heteroatoms. The molecule has 2 unspecified atom stereocenters. The second kappa shape index (κ2) is 6.15. The van der Waals surface area contributed by atoms with Crippen LogP contribution in [0.1, 0.15) is 43.0 Å². The highest BCUT2D eigenvalue weighted by molar-refractivity contribution is 5.96. The van der Waals surface area contributed by atoms with Crippen molar-refractivity contribution in [3.63, 3.8) is 0 Å². The second-order valence-corrected chi connectivity index (χ2v) is 4.94. The molecule has 0 N–H and O–H groups in total. The number of hydrogen-bond donors (Lipinski definition) is 0. The van der Waals surface area contributed by atoms with Crippen molar-refractivity contribution in [1.82, 2.24) is 0 Å². The molecule has 0 radical (unpaired) electrons. The Morgan fingerprint density at radius 1 is 1.32 bits per heavy atom. The van der Waals surface area contributed by atoms with Gasteiger partial charge in [-0.2, -0.15) is 0 Å². The van der Waals surface area contributed by atoms with Crippen molar-refractivity contribution < 1.29 is 18.7 Å². The molecule has 19 heavy (non-hydrogen) atoms. The Morgan fingerprint density at radius 3 is 2.74 bits per heavy atom. The lowest BCUT2D eigenvalue weighted by Gasteiger charge is -2.29. The van der Waals surface area contributed by atoms with Gasteiger partial charge in [0.2, 0.25) is 0 Å². The third-order valence-corrected chi connectivity index (χ3v) is 3.54. The van der Waals surface area contributed by atoms with E-state index in [4.69, 9.17) is 9.47 Å². The molecule has 0 aliphatic heterocycles. The molecule has 0 heterocycles. The van der Waals surface area contributed by atoms with Gasteiger partial charge >= 0.3 is 0 Å². The van der Waals surface area contributed by atoms with E-state index in [1.807, 2.05) is 0 Å². The fourth-order valence-corrected chi connectivity index (χ4v) is 2.50. The van der Waals surface area contributed by atoms with Crippen LogP contribution < -0.4 is 4.74 Å². The van der Waals surface area contributed by atoms with Gasteiger partial charge in [-0.15, -0.1) is 0 Å². The van der Waals surface area contributed by atoms with Gasteiger partial charge in [-0.25, -0.2) is 4.39 Å². The van der Waals surface area contributed by atoms with Crippen molar-refractivity contribution in [1.29, 1.82) is 0 Å². The summed E-state index contributed by atoms with van der Waals surface area (Å²) in [5, 5.41) is 0. The first-order valence-corrected chi connectivity index (χ1v) is 6.60. The predicted octanol–water partition coefficient (Wildman–Crippen LogP) is 3.36. The number of ether oxygens (including phenoxy) is 2. The van der Waals surface area contributed by atoms with E-state index in [1.165, 1.54) is 19.1 Å². The largest absolute Gasteiger partial charge is 0.486 e. The highest BCUT2D eigenvalue weighted by Crippen LogP contribution is 2.29. The van der Waals surface area contributed by atoms with Gasteiger partial charge in [0.15, 0.2) is 17.3 Å². The van der Waals surface area contributed by atoms with Crippen LogP contribution in [0.25, 0.3) is 0 Å². The van der Waals surface area contributed by atoms with E-state index in [9.17, 15) is 9.18 Å². The summed E-state index contributed by atoms with van der Waals surface area (Å²) in [6.07, 6.45) is 3.67. The van der Waals surface area contributed by atoms with Gasteiger partial charge in [0, 0.05) is 13.5 Å². The predicted molar refractivity (Wildman–Crippen MR) is 70.1 cm³/mol. The van der Waals surface area contributed by atoms with Gasteiger partial charge in [-0.1, -0.05) is 6.07 Å². The molecule has 0 spiro atoms. The molecule has 1 aliphatic carbocycles. The minimum Gasteiger partial charge on any atom is -0.486 e. The fourth-order valence-electron chi connectivity index (χ4n) is 2.50. The number of Topliss-reactive ketones (excluding diaryl/α,β-unsaturated/α-hetero) is 1. The summed E-state index contributed by atoms with van der Waals surface area (Å²) in [7, 11) is 1.68. The molecule has 1 fully saturated rings. The van der Waals surface area contributed by atoms with Crippen LogP contribution in [0.3, 0.4) is 0 Å². The Labute approximate surface area is 112 Å². The molecular formula is C15H19FO3. The third-order valence-electron chi connectivity index (χ3n) is 3.54. The van der Waals surface area contributed by atoms with E-state index in [0.717, 1.165) is 25.7 Å². The van der Waals surface area contributed by atoms with Crippen LogP contribution >= 0.6 is 0 Å². The molecular weight excluding hydrogens is 247 g/mol. The Bertz CT molecular complexity index is 459. The van der Waals surface area contributed by atoms with E-state index in [2.05, 4.69) is 0 Å². The quantitative estimate of drug-likeness (QED) is 0.784. The molecule has 1 saturated carbocycles. The number of rotatable bonds is 4. The van der Waals surface area contributed by atoms with Crippen molar-refractivity contribution in [2.75, 3.05) is 7.11 Å². The molecule has 0 saturated heterocycles. The highest BCUT2D eigenvalue weighted by atomic mass is 19.1. The van der Waals surface area contributed by atoms with E-state index < -0.39 is 5.82 Å². The molecule has 104 valence electrons. The number of para-hydroxylation sites is 1. The van der Waals surface area contributed by atoms with Gasteiger partial charge < -0.3 is 9.47 Å². The maximum Gasteiger partial charge on any atom is 0.166 e. The number of hydrogen-bond acceptors (Lipinski definition) is 3. The summed E-state index contributed by atoms with van der Waals surface area (Å²) in [5.74, 6) is -0.586. The zero-order valence-electron chi connectivity index (χ0n) is 11.3. The maximum atomic E-state index is 13.8. The molecule has 1 aromatic carbocycles. The Hall–Kier alpha value is -1.42. The minimum atomic E-state index is -0.479. The van der Waals surface area contributed by atoms with Crippen LogP contribution in [-0.4, -0.2) is 25.1 Å². The smallest absolute Gasteiger partial charge is 0.166 e. The zero-order valence-corrected chi connectivity index (χ0v) is 11.3. The van der Waals surface area contributed by atoms with Crippen molar-refractivity contribution in [3.8, 4) is 5.75 Å². The minimum absolute atomic E-state index is 0.0803. The van der Waals surface area contributed by atoms with E-state index in [0.29, 0.717) is 5.56 Å². The summed E-state index contributed by atoms with van der Waals surface area (Å²) in [6.45, 7) is 1.42. The van der Waals surface area contributed by atoms with Gasteiger partial charge in [0.1, 0.15) is 6.10 Å². The normalized spacial score (nSPS) is 23.1. The first kappa shape index (κ1) is 14.0. The van der Waals surface area contributed by atoms with Gasteiger partial charge in [-0.05, 0) is 38.3 Å². The standard InChI is InChI=1S/C15H19FO3/c1-10(17)13-7-4-8-14(16)15(13)19-12-6-3-5-11(9-12)18-2/h4,7-8,11-12H,3,5-6,9H2,1-2H3. The van der Waals surface area contributed by atoms with Crippen LogP contribution in [0, 0.1) is 5.82 Å². The zero-order chi connectivity index (χ0) is 13.8.